The van der Waals surface area contributed by atoms with Gasteiger partial charge in [-0.3, -0.25) is 0 Å². The van der Waals surface area contributed by atoms with Crippen molar-refractivity contribution in [2.24, 2.45) is 0 Å². The minimum Gasteiger partial charge on any atom is -0.496 e. The monoisotopic (exact) mass is 517 g/mol. The molecular weight excluding hydrogens is 490 g/mol. The first kappa shape index (κ1) is 24.6. The Hall–Kier alpha value is -3.00. The lowest BCUT2D eigenvalue weighted by Gasteiger charge is -2.14. The summed E-state index contributed by atoms with van der Waals surface area (Å²) in [7, 11) is 2.91. The van der Waals surface area contributed by atoms with Crippen molar-refractivity contribution in [2.75, 3.05) is 20.8 Å². The van der Waals surface area contributed by atoms with Crippen LogP contribution in [0.3, 0.4) is 0 Å². The first-order chi connectivity index (χ1) is 16.0. The zero-order chi connectivity index (χ0) is 24.0. The van der Waals surface area contributed by atoms with Gasteiger partial charge in [-0.25, -0.2) is 9.59 Å². The number of unbranched alkanes of at least 4 members (excludes halogenated alkanes) is 1. The first-order valence-corrected chi connectivity index (χ1v) is 11.6. The maximum absolute atomic E-state index is 13.1. The number of esters is 2. The average Bonchev–Trinajstić information content (AvgIpc) is 3.12. The fourth-order valence-corrected chi connectivity index (χ4v) is 4.22. The molecule has 0 spiro atoms. The normalized spacial score (nSPS) is 10.8. The molecule has 2 aromatic carbocycles. The standard InChI is InChI=1S/C25H28BrNO6/c1-5-7-12-27-19-14-18(26)22(30-3)13-17(19)23(25(29)32-6-2)20(27)15-33-21-11-9-8-10-16(21)24(28)31-4/h8-11,13-14H,5-7,12,15H2,1-4H3. The van der Waals surface area contributed by atoms with Crippen LogP contribution in [0.25, 0.3) is 10.9 Å². The van der Waals surface area contributed by atoms with E-state index in [1.807, 2.05) is 12.1 Å². The molecule has 8 heteroatoms. The van der Waals surface area contributed by atoms with Crippen molar-refractivity contribution in [1.29, 1.82) is 0 Å². The number of rotatable bonds is 10. The molecule has 1 aromatic heterocycles. The largest absolute Gasteiger partial charge is 0.496 e. The quantitative estimate of drug-likeness (QED) is 0.318. The fraction of sp³-hybridized carbons (Fsp3) is 0.360. The van der Waals surface area contributed by atoms with Crippen LogP contribution in [0.5, 0.6) is 11.5 Å². The smallest absolute Gasteiger partial charge is 0.341 e. The number of carbonyl (C=O) groups excluding carboxylic acids is 2. The summed E-state index contributed by atoms with van der Waals surface area (Å²) in [6, 6.07) is 10.6. The van der Waals surface area contributed by atoms with Gasteiger partial charge in [0.25, 0.3) is 0 Å². The zero-order valence-electron chi connectivity index (χ0n) is 19.3. The van der Waals surface area contributed by atoms with Gasteiger partial charge in [-0.15, -0.1) is 0 Å². The number of para-hydroxylation sites is 1. The number of nitrogens with zero attached hydrogens (tertiary/aromatic N) is 1. The summed E-state index contributed by atoms with van der Waals surface area (Å²) in [5.41, 5.74) is 2.30. The summed E-state index contributed by atoms with van der Waals surface area (Å²) < 4.78 is 24.7. The van der Waals surface area contributed by atoms with Crippen molar-refractivity contribution < 1.29 is 28.5 Å². The van der Waals surface area contributed by atoms with Gasteiger partial charge in [0.05, 0.1) is 42.1 Å². The molecule has 0 atom stereocenters. The highest BCUT2D eigenvalue weighted by Crippen LogP contribution is 2.36. The molecule has 0 saturated carbocycles. The van der Waals surface area contributed by atoms with E-state index in [0.717, 1.165) is 28.2 Å². The lowest BCUT2D eigenvalue weighted by atomic mass is 10.1. The van der Waals surface area contributed by atoms with Crippen LogP contribution in [0.15, 0.2) is 40.9 Å². The summed E-state index contributed by atoms with van der Waals surface area (Å²) in [6.45, 7) is 4.90. The van der Waals surface area contributed by atoms with Crippen LogP contribution in [0.4, 0.5) is 0 Å². The Bertz CT molecular complexity index is 1150. The molecular formula is C25H28BrNO6. The van der Waals surface area contributed by atoms with Crippen molar-refractivity contribution in [3.05, 3.63) is 57.7 Å². The zero-order valence-corrected chi connectivity index (χ0v) is 20.9. The van der Waals surface area contributed by atoms with E-state index in [0.29, 0.717) is 34.9 Å². The van der Waals surface area contributed by atoms with Gasteiger partial charge in [-0.1, -0.05) is 25.5 Å². The van der Waals surface area contributed by atoms with E-state index < -0.39 is 11.9 Å². The van der Waals surface area contributed by atoms with Gasteiger partial charge in [0.15, 0.2) is 0 Å². The van der Waals surface area contributed by atoms with Crippen LogP contribution in [0, 0.1) is 0 Å². The van der Waals surface area contributed by atoms with Gasteiger partial charge in [-0.2, -0.15) is 0 Å². The van der Waals surface area contributed by atoms with Crippen molar-refractivity contribution >= 4 is 38.8 Å². The summed E-state index contributed by atoms with van der Waals surface area (Å²) in [5.74, 6) is 0.0767. The van der Waals surface area contributed by atoms with Gasteiger partial charge in [0.2, 0.25) is 0 Å². The topological polar surface area (TPSA) is 76.0 Å². The molecule has 0 saturated heterocycles. The highest BCUT2D eigenvalue weighted by molar-refractivity contribution is 9.10. The molecule has 176 valence electrons. The third-order valence-corrected chi connectivity index (χ3v) is 5.94. The van der Waals surface area contributed by atoms with E-state index in [-0.39, 0.29) is 13.2 Å². The molecule has 3 rings (SSSR count). The lowest BCUT2D eigenvalue weighted by Crippen LogP contribution is -2.14. The lowest BCUT2D eigenvalue weighted by molar-refractivity contribution is 0.0522. The highest BCUT2D eigenvalue weighted by atomic mass is 79.9. The van der Waals surface area contributed by atoms with Gasteiger partial charge >= 0.3 is 11.9 Å². The minimum absolute atomic E-state index is 0.0699. The number of hydrogen-bond acceptors (Lipinski definition) is 6. The fourth-order valence-electron chi connectivity index (χ4n) is 3.73. The first-order valence-electron chi connectivity index (χ1n) is 10.8. The number of fused-ring (bicyclic) bond motifs is 1. The predicted octanol–water partition coefficient (Wildman–Crippen LogP) is 5.75. The molecule has 0 amide bonds. The number of aromatic nitrogens is 1. The van der Waals surface area contributed by atoms with E-state index in [1.54, 1.807) is 38.3 Å². The molecule has 1 heterocycles. The molecule has 0 aliphatic rings. The van der Waals surface area contributed by atoms with Gasteiger partial charge in [0, 0.05) is 11.9 Å². The van der Waals surface area contributed by atoms with E-state index in [9.17, 15) is 9.59 Å². The van der Waals surface area contributed by atoms with Gasteiger partial charge < -0.3 is 23.5 Å². The molecule has 0 unspecified atom stereocenters. The second-order valence-corrected chi connectivity index (χ2v) is 8.18. The third kappa shape index (κ3) is 5.16. The molecule has 3 aromatic rings. The van der Waals surface area contributed by atoms with Crippen LogP contribution in [-0.2, 0) is 22.6 Å². The van der Waals surface area contributed by atoms with Gasteiger partial charge in [0.1, 0.15) is 23.7 Å². The van der Waals surface area contributed by atoms with Crippen LogP contribution in [0.1, 0.15) is 53.1 Å². The Morgan fingerprint density at radius 3 is 2.45 bits per heavy atom. The molecule has 0 radical (unpaired) electrons. The second-order valence-electron chi connectivity index (χ2n) is 7.33. The molecule has 0 N–H and O–H groups in total. The summed E-state index contributed by atoms with van der Waals surface area (Å²) in [6.07, 6.45) is 1.90. The third-order valence-electron chi connectivity index (χ3n) is 5.32. The maximum Gasteiger partial charge on any atom is 0.341 e. The van der Waals surface area contributed by atoms with Crippen molar-refractivity contribution in [1.82, 2.24) is 4.57 Å². The number of aryl methyl sites for hydroxylation is 1. The molecule has 0 aliphatic carbocycles. The molecule has 7 nitrogen and oxygen atoms in total. The highest BCUT2D eigenvalue weighted by Gasteiger charge is 2.26. The Labute approximate surface area is 201 Å². The summed E-state index contributed by atoms with van der Waals surface area (Å²) in [4.78, 5) is 25.2. The Balaban J connectivity index is 2.17. The van der Waals surface area contributed by atoms with Crippen LogP contribution in [0.2, 0.25) is 0 Å². The summed E-state index contributed by atoms with van der Waals surface area (Å²) in [5, 5.41) is 0.726. The predicted molar refractivity (Wildman–Crippen MR) is 129 cm³/mol. The minimum atomic E-state index is -0.489. The van der Waals surface area contributed by atoms with E-state index >= 15 is 0 Å². The molecule has 33 heavy (non-hydrogen) atoms. The molecule has 0 bridgehead atoms. The number of methoxy groups -OCH3 is 2. The number of halogens is 1. The second kappa shape index (κ2) is 11.2. The van der Waals surface area contributed by atoms with Crippen LogP contribution >= 0.6 is 15.9 Å². The Kier molecular flexibility index (Phi) is 8.38. The van der Waals surface area contributed by atoms with Crippen molar-refractivity contribution in [3.63, 3.8) is 0 Å². The van der Waals surface area contributed by atoms with Gasteiger partial charge in [-0.05, 0) is 53.5 Å². The maximum atomic E-state index is 13.1. The van der Waals surface area contributed by atoms with E-state index in [4.69, 9.17) is 18.9 Å². The van der Waals surface area contributed by atoms with Crippen LogP contribution in [-0.4, -0.2) is 37.3 Å². The van der Waals surface area contributed by atoms with E-state index in [1.165, 1.54) is 7.11 Å². The molecule has 0 fully saturated rings. The number of ether oxygens (including phenoxy) is 4. The Morgan fingerprint density at radius 2 is 1.79 bits per heavy atom. The summed E-state index contributed by atoms with van der Waals surface area (Å²) >= 11 is 3.55. The number of carbonyl (C=O) groups is 2. The Morgan fingerprint density at radius 1 is 1.03 bits per heavy atom. The molecule has 0 aliphatic heterocycles. The number of benzene rings is 2. The SMILES string of the molecule is CCCCn1c(COc2ccccc2C(=O)OC)c(C(=O)OCC)c2cc(OC)c(Br)cc21. The average molecular weight is 518 g/mol. The van der Waals surface area contributed by atoms with Crippen molar-refractivity contribution in [2.45, 2.75) is 39.8 Å². The number of hydrogen-bond donors (Lipinski definition) is 0. The van der Waals surface area contributed by atoms with Crippen LogP contribution < -0.4 is 9.47 Å². The van der Waals surface area contributed by atoms with Crippen molar-refractivity contribution in [3.8, 4) is 11.5 Å². The van der Waals surface area contributed by atoms with E-state index in [2.05, 4.69) is 27.4 Å².